The molecule has 366 valence electrons. The fourth-order valence-corrected chi connectivity index (χ4v) is 36.2. The van der Waals surface area contributed by atoms with Crippen molar-refractivity contribution < 1.29 is 0 Å². The van der Waals surface area contributed by atoms with Crippen molar-refractivity contribution in [3.63, 3.8) is 0 Å². The van der Waals surface area contributed by atoms with Crippen molar-refractivity contribution in [2.45, 2.75) is 194 Å². The molecule has 23 unspecified atom stereocenters. The summed E-state index contributed by atoms with van der Waals surface area (Å²) in [6.07, 6.45) is 6.63. The molecule has 0 N–H and O–H groups in total. The molecular weight excluding hydrogens is 969 g/mol. The second-order valence-electron chi connectivity index (χ2n) is 34.0. The van der Waals surface area contributed by atoms with Gasteiger partial charge in [0.25, 0.3) is 0 Å². The van der Waals surface area contributed by atoms with Crippen LogP contribution >= 0.6 is 11.8 Å². The standard InChI is InChI=1S/C78H48S/c1-6-8-9-13(7-2)10-14-11-15(76(3,4)5)71-16(12-14)79-78-74-67-61-51-39-31-23-19-17-18-21-25(23)33(39)43-37-29(21)30-22(18)26-24-20(17)28-27(19)35-41(31)49-55-45(35)46-36(28)42-32(24)40-34(26)44-38(30)48-47(37)59(53(43)61)69(74)70-60(48)54(44)62-52(40)58-50(42)56(46)64-63(55)72(65(67)57(49)51)77(71,78)73(64)66(58)68(62)75(70)78/h11-13,19,21,23,25,27,29,35,37,45-48,56,60,64,66,68,70,73,75H,6-10H2,1-5H3. The van der Waals surface area contributed by atoms with E-state index in [0.717, 1.165) is 5.92 Å². The van der Waals surface area contributed by atoms with Crippen LogP contribution < -0.4 is 0 Å². The maximum absolute atomic E-state index is 2.98. The van der Waals surface area contributed by atoms with Gasteiger partial charge in [0.1, 0.15) is 0 Å². The molecule has 0 nitrogen and oxygen atoms in total. The summed E-state index contributed by atoms with van der Waals surface area (Å²) < 4.78 is 0.0217. The van der Waals surface area contributed by atoms with Crippen molar-refractivity contribution in [3.05, 3.63) is 140 Å². The molecule has 23 aliphatic rings. The fraction of sp³-hybridized carbons (Fsp3) is 0.436. The summed E-state index contributed by atoms with van der Waals surface area (Å²) in [5.74, 6) is 13.9. The number of benzene rings is 10. The Hall–Kier alpha value is -5.37. The SMILES string of the molecule is CCCCC(CC)Cc1cc2c(c(C(C)(C)C)c1)C13c4c5c6c7c8c9c%10c%11c%12c%13c%14c%15c(c%16c%13c%10c7c4-%16)C1(S2)C1C%15C2c4c7c%10c%13c%15c%16c%17c%18c%19c%20c%21c%22c%23c(c4c4c%22c%19c%16c%104)C2C%14C%12C%23C%21C%11C9C%20C%18C8C6C%17C%15C5C3C%13C71. The van der Waals surface area contributed by atoms with Crippen LogP contribution in [0.5, 0.6) is 0 Å². The van der Waals surface area contributed by atoms with Gasteiger partial charge in [-0.05, 0) is 367 Å². The third kappa shape index (κ3) is 2.15. The largest absolute Gasteiger partial charge is 0.112 e. The number of hydrogen-bond acceptors (Lipinski definition) is 1. The van der Waals surface area contributed by atoms with E-state index < -0.39 is 0 Å². The number of rotatable bonds is 6. The molecule has 11 aromatic rings. The van der Waals surface area contributed by atoms with Gasteiger partial charge in [-0.15, -0.1) is 11.8 Å². The lowest BCUT2D eigenvalue weighted by molar-refractivity contribution is 0.0334. The molecule has 1 heterocycles. The molecule has 1 heteroatoms. The van der Waals surface area contributed by atoms with E-state index in [-0.39, 0.29) is 15.6 Å². The quantitative estimate of drug-likeness (QED) is 0.150. The Morgan fingerprint density at radius 1 is 0.392 bits per heavy atom. The van der Waals surface area contributed by atoms with Gasteiger partial charge >= 0.3 is 0 Å². The van der Waals surface area contributed by atoms with Crippen LogP contribution in [0.2, 0.25) is 0 Å². The van der Waals surface area contributed by atoms with E-state index in [9.17, 15) is 0 Å². The van der Waals surface area contributed by atoms with E-state index in [1.807, 2.05) is 170 Å². The number of unbranched alkanes of at least 4 members (excludes halogenated alkanes) is 1. The lowest BCUT2D eigenvalue weighted by Crippen LogP contribution is -2.62. The second-order valence-corrected chi connectivity index (χ2v) is 35.3. The molecule has 1 fully saturated rings. The highest BCUT2D eigenvalue weighted by Crippen LogP contribution is 3.01. The Kier molecular flexibility index (Phi) is 3.74. The summed E-state index contributed by atoms with van der Waals surface area (Å²) in [5, 5.41) is 30.9. The first kappa shape index (κ1) is 34.8. The molecule has 23 atom stereocenters. The average molecular weight is 1020 g/mol. The summed E-state index contributed by atoms with van der Waals surface area (Å²) in [7, 11) is 0. The summed E-state index contributed by atoms with van der Waals surface area (Å²) in [6, 6.07) is 5.94. The zero-order valence-corrected chi connectivity index (χ0v) is 45.5. The smallest absolute Gasteiger partial charge is 0.0645 e. The molecule has 0 saturated heterocycles. The maximum Gasteiger partial charge on any atom is 0.0645 e. The molecule has 22 aliphatic carbocycles. The van der Waals surface area contributed by atoms with Gasteiger partial charge in [0.05, 0.1) is 4.75 Å². The summed E-state index contributed by atoms with van der Waals surface area (Å²) in [6.45, 7) is 13.0. The normalized spacial score (nSPS) is 44.5. The van der Waals surface area contributed by atoms with Crippen molar-refractivity contribution in [1.82, 2.24) is 0 Å². The summed E-state index contributed by atoms with van der Waals surface area (Å²) in [4.78, 5) is 1.80. The fourth-order valence-electron chi connectivity index (χ4n) is 34.0. The van der Waals surface area contributed by atoms with E-state index in [1.54, 1.807) is 16.0 Å². The van der Waals surface area contributed by atoms with Crippen LogP contribution in [0.4, 0.5) is 0 Å². The predicted octanol–water partition coefficient (Wildman–Crippen LogP) is 18.6. The van der Waals surface area contributed by atoms with Crippen LogP contribution in [0.1, 0.15) is 295 Å². The number of thioether (sulfide) groups is 1. The van der Waals surface area contributed by atoms with Crippen molar-refractivity contribution in [2.75, 3.05) is 0 Å². The van der Waals surface area contributed by atoms with Gasteiger partial charge in [-0.25, -0.2) is 0 Å². The van der Waals surface area contributed by atoms with Crippen molar-refractivity contribution in [2.24, 2.45) is 17.8 Å². The highest BCUT2D eigenvalue weighted by molar-refractivity contribution is 8.00. The second kappa shape index (κ2) is 8.48. The lowest BCUT2D eigenvalue weighted by atomic mass is 9.39. The summed E-state index contributed by atoms with van der Waals surface area (Å²) in [5.41, 5.74) is 50.3. The van der Waals surface area contributed by atoms with Crippen LogP contribution in [0.15, 0.2) is 17.0 Å². The molecule has 2 spiro atoms. The Bertz CT molecular complexity index is 5750. The van der Waals surface area contributed by atoms with Gasteiger partial charge < -0.3 is 0 Å². The van der Waals surface area contributed by atoms with E-state index >= 15 is 0 Å². The van der Waals surface area contributed by atoms with Gasteiger partial charge in [0, 0.05) is 10.3 Å². The van der Waals surface area contributed by atoms with Gasteiger partial charge in [0.15, 0.2) is 0 Å². The van der Waals surface area contributed by atoms with Crippen LogP contribution in [0, 0.1) is 17.8 Å². The van der Waals surface area contributed by atoms with Crippen molar-refractivity contribution in [3.8, 4) is 11.1 Å². The lowest BCUT2D eigenvalue weighted by Gasteiger charge is -2.65. The van der Waals surface area contributed by atoms with E-state index in [1.165, 1.54) is 32.1 Å². The third-order valence-electron chi connectivity index (χ3n) is 33.2. The number of hydrogen-bond donors (Lipinski definition) is 0. The monoisotopic (exact) mass is 1020 g/mol. The molecule has 11 aromatic carbocycles. The topological polar surface area (TPSA) is 0 Å². The van der Waals surface area contributed by atoms with Crippen LogP contribution in [0.3, 0.4) is 0 Å². The minimum atomic E-state index is -0.0198. The predicted molar refractivity (Wildman–Crippen MR) is 312 cm³/mol. The molecule has 0 bridgehead atoms. The minimum Gasteiger partial charge on any atom is -0.112 e. The van der Waals surface area contributed by atoms with E-state index in [2.05, 4.69) is 103 Å². The van der Waals surface area contributed by atoms with Crippen molar-refractivity contribution in [1.29, 1.82) is 0 Å². The van der Waals surface area contributed by atoms with Crippen LogP contribution in [0.25, 0.3) is 97.3 Å². The molecule has 0 aromatic heterocycles. The molecule has 34 rings (SSSR count). The minimum absolute atomic E-state index is 0.0198. The third-order valence-corrected chi connectivity index (χ3v) is 34.9. The zero-order valence-electron chi connectivity index (χ0n) is 44.7. The molecule has 79 heavy (non-hydrogen) atoms. The molecule has 1 saturated carbocycles. The van der Waals surface area contributed by atoms with Crippen LogP contribution in [-0.4, -0.2) is 0 Å². The first-order chi connectivity index (χ1) is 38.9. The number of fused-ring (bicyclic) bond motifs is 1. The highest BCUT2D eigenvalue weighted by atomic mass is 32.2. The molecule has 0 radical (unpaired) electrons. The summed E-state index contributed by atoms with van der Waals surface area (Å²) >= 11 is 2.66. The van der Waals surface area contributed by atoms with Gasteiger partial charge in [-0.2, -0.15) is 0 Å². The average Bonchev–Trinajstić information content (AvgIpc) is 1.40. The van der Waals surface area contributed by atoms with Gasteiger partial charge in [-0.1, -0.05) is 66.4 Å². The molecule has 0 amide bonds. The van der Waals surface area contributed by atoms with Gasteiger partial charge in [0.2, 0.25) is 0 Å². The Balaban J connectivity index is 0.921. The zero-order chi connectivity index (χ0) is 48.5. The van der Waals surface area contributed by atoms with Gasteiger partial charge in [-0.3, -0.25) is 0 Å². The van der Waals surface area contributed by atoms with Crippen molar-refractivity contribution >= 4 is 97.9 Å². The van der Waals surface area contributed by atoms with E-state index in [0.29, 0.717) is 118 Å². The maximum atomic E-state index is 2.98. The Morgan fingerprint density at radius 2 is 0.747 bits per heavy atom. The van der Waals surface area contributed by atoms with Crippen LogP contribution in [-0.2, 0) is 22.0 Å². The first-order valence-corrected chi connectivity index (χ1v) is 33.8. The molecular formula is C78H48S. The Labute approximate surface area is 457 Å². The van der Waals surface area contributed by atoms with E-state index in [4.69, 9.17) is 0 Å². The first-order valence-electron chi connectivity index (χ1n) is 33.0. The molecule has 1 aliphatic heterocycles. The Morgan fingerprint density at radius 3 is 1.19 bits per heavy atom. The highest BCUT2D eigenvalue weighted by Gasteiger charge is 2.90.